The normalized spacial score (nSPS) is 12.7. The van der Waals surface area contributed by atoms with E-state index in [4.69, 9.17) is 19.0 Å². The summed E-state index contributed by atoms with van der Waals surface area (Å²) in [4.78, 5) is 30.2. The molecule has 184 valence electrons. The average Bonchev–Trinajstić information content (AvgIpc) is 2.73. The number of rotatable bonds is 5. The Balaban J connectivity index is 2.22. The summed E-state index contributed by atoms with van der Waals surface area (Å²) >= 11 is 0. The fourth-order valence-corrected chi connectivity index (χ4v) is 2.88. The first kappa shape index (κ1) is 26.8. The van der Waals surface area contributed by atoms with Gasteiger partial charge in [-0.05, 0) is 83.4 Å². The first-order chi connectivity index (χ1) is 15.8. The summed E-state index contributed by atoms with van der Waals surface area (Å²) < 4.78 is 15.8. The zero-order chi connectivity index (χ0) is 25.5. The van der Waals surface area contributed by atoms with Gasteiger partial charge in [0.05, 0.1) is 13.2 Å². The molecule has 0 heterocycles. The number of carbonyl (C=O) groups is 2. The summed E-state index contributed by atoms with van der Waals surface area (Å²) in [7, 11) is 1.63. The maximum Gasteiger partial charge on any atom is 0.534 e. The number of methoxy groups -OCH3 is 1. The lowest BCUT2D eigenvalue weighted by Gasteiger charge is -2.29. The Kier molecular flexibility index (Phi) is 8.74. The number of hydroxylamine groups is 2. The largest absolute Gasteiger partial charge is 0.534 e. The van der Waals surface area contributed by atoms with Gasteiger partial charge in [0.1, 0.15) is 17.0 Å². The van der Waals surface area contributed by atoms with Gasteiger partial charge in [-0.15, -0.1) is 5.06 Å². The smallest absolute Gasteiger partial charge is 0.497 e. The summed E-state index contributed by atoms with van der Waals surface area (Å²) in [6.45, 7) is 12.1. The molecular formula is C27H35NO6. The van der Waals surface area contributed by atoms with Crippen LogP contribution in [0.5, 0.6) is 5.75 Å². The zero-order valence-electron chi connectivity index (χ0n) is 21.2. The van der Waals surface area contributed by atoms with Crippen molar-refractivity contribution in [2.24, 2.45) is 0 Å². The molecule has 0 aliphatic carbocycles. The molecule has 0 N–H and O–H groups in total. The molecule has 1 amide bonds. The van der Waals surface area contributed by atoms with Crippen LogP contribution in [0.15, 0.2) is 54.6 Å². The van der Waals surface area contributed by atoms with Crippen LogP contribution in [-0.2, 0) is 14.3 Å². The summed E-state index contributed by atoms with van der Waals surface area (Å²) in [5, 5.41) is 0.878. The minimum atomic E-state index is -0.986. The SMILES string of the molecule is COc1ccc(-c2cccc(C=CC(C)N(OC(=O)OC(C)(C)C)C(=O)OC(C)(C)C)c2)cc1. The molecule has 2 aromatic rings. The number of carbonyl (C=O) groups excluding carboxylic acids is 2. The predicted molar refractivity (Wildman–Crippen MR) is 132 cm³/mol. The van der Waals surface area contributed by atoms with Gasteiger partial charge in [-0.2, -0.15) is 0 Å². The Morgan fingerprint density at radius 1 is 0.882 bits per heavy atom. The van der Waals surface area contributed by atoms with E-state index < -0.39 is 29.5 Å². The van der Waals surface area contributed by atoms with Crippen LogP contribution >= 0.6 is 0 Å². The van der Waals surface area contributed by atoms with Gasteiger partial charge >= 0.3 is 12.2 Å². The third-order valence-corrected chi connectivity index (χ3v) is 4.38. The molecule has 0 aromatic heterocycles. The van der Waals surface area contributed by atoms with E-state index in [9.17, 15) is 9.59 Å². The molecule has 2 rings (SSSR count). The fourth-order valence-electron chi connectivity index (χ4n) is 2.88. The molecule has 0 fully saturated rings. The van der Waals surface area contributed by atoms with Crippen LogP contribution in [0.3, 0.4) is 0 Å². The molecule has 0 saturated heterocycles. The third kappa shape index (κ3) is 8.81. The van der Waals surface area contributed by atoms with E-state index in [1.165, 1.54) is 0 Å². The Morgan fingerprint density at radius 3 is 2.06 bits per heavy atom. The molecule has 1 atom stereocenters. The maximum absolute atomic E-state index is 12.7. The highest BCUT2D eigenvalue weighted by atomic mass is 16.8. The van der Waals surface area contributed by atoms with Crippen molar-refractivity contribution in [3.63, 3.8) is 0 Å². The van der Waals surface area contributed by atoms with Crippen LogP contribution in [0.1, 0.15) is 54.0 Å². The minimum absolute atomic E-state index is 0.619. The average molecular weight is 470 g/mol. The van der Waals surface area contributed by atoms with E-state index in [1.807, 2.05) is 54.6 Å². The fraction of sp³-hybridized carbons (Fsp3) is 0.407. The maximum atomic E-state index is 12.7. The number of amides is 1. The highest BCUT2D eigenvalue weighted by Crippen LogP contribution is 2.24. The molecule has 0 spiro atoms. The Hall–Kier alpha value is -3.48. The predicted octanol–water partition coefficient (Wildman–Crippen LogP) is 6.87. The van der Waals surface area contributed by atoms with Crippen molar-refractivity contribution in [3.05, 3.63) is 60.2 Å². The first-order valence-electron chi connectivity index (χ1n) is 11.1. The van der Waals surface area contributed by atoms with Crippen molar-refractivity contribution >= 4 is 18.3 Å². The molecule has 0 radical (unpaired) electrons. The van der Waals surface area contributed by atoms with E-state index in [1.54, 1.807) is 61.7 Å². The van der Waals surface area contributed by atoms with E-state index in [2.05, 4.69) is 0 Å². The molecule has 7 nitrogen and oxygen atoms in total. The highest BCUT2D eigenvalue weighted by Gasteiger charge is 2.30. The van der Waals surface area contributed by atoms with Gasteiger partial charge < -0.3 is 14.2 Å². The standard InChI is InChI=1S/C27H35NO6/c1-19(28(24(29)32-26(2,3)4)34-25(30)33-27(5,6)7)12-13-20-10-9-11-22(18-20)21-14-16-23(31-8)17-15-21/h9-19H,1-8H3. The van der Waals surface area contributed by atoms with Crippen LogP contribution < -0.4 is 4.74 Å². The second-order valence-corrected chi connectivity index (χ2v) is 9.82. The molecule has 2 aromatic carbocycles. The summed E-state index contributed by atoms with van der Waals surface area (Å²) in [6, 6.07) is 15.1. The second kappa shape index (κ2) is 11.1. The zero-order valence-corrected chi connectivity index (χ0v) is 21.2. The Labute approximate surface area is 202 Å². The van der Waals surface area contributed by atoms with Crippen molar-refractivity contribution in [1.82, 2.24) is 5.06 Å². The lowest BCUT2D eigenvalue weighted by Crippen LogP contribution is -2.43. The van der Waals surface area contributed by atoms with Crippen molar-refractivity contribution in [3.8, 4) is 16.9 Å². The molecular weight excluding hydrogens is 434 g/mol. The third-order valence-electron chi connectivity index (χ3n) is 4.38. The van der Waals surface area contributed by atoms with E-state index >= 15 is 0 Å². The topological polar surface area (TPSA) is 74.3 Å². The summed E-state index contributed by atoms with van der Waals surface area (Å²) in [5.74, 6) is 0.792. The van der Waals surface area contributed by atoms with Crippen LogP contribution in [0, 0.1) is 0 Å². The first-order valence-corrected chi connectivity index (χ1v) is 11.1. The van der Waals surface area contributed by atoms with Crippen molar-refractivity contribution in [2.45, 2.75) is 65.7 Å². The minimum Gasteiger partial charge on any atom is -0.497 e. The van der Waals surface area contributed by atoms with Crippen LogP contribution in [0.4, 0.5) is 9.59 Å². The van der Waals surface area contributed by atoms with Crippen LogP contribution in [0.25, 0.3) is 17.2 Å². The molecule has 0 aliphatic rings. The number of benzene rings is 2. The Bertz CT molecular complexity index is 999. The monoisotopic (exact) mass is 469 g/mol. The van der Waals surface area contributed by atoms with E-state index in [-0.39, 0.29) is 0 Å². The molecule has 0 bridgehead atoms. The molecule has 0 aliphatic heterocycles. The van der Waals surface area contributed by atoms with E-state index in [0.717, 1.165) is 27.5 Å². The van der Waals surface area contributed by atoms with Crippen LogP contribution in [-0.4, -0.2) is 41.7 Å². The number of hydrogen-bond acceptors (Lipinski definition) is 6. The van der Waals surface area contributed by atoms with Gasteiger partial charge in [0, 0.05) is 0 Å². The number of nitrogens with zero attached hydrogens (tertiary/aromatic N) is 1. The van der Waals surface area contributed by atoms with Crippen molar-refractivity contribution in [1.29, 1.82) is 0 Å². The Morgan fingerprint density at radius 2 is 1.50 bits per heavy atom. The van der Waals surface area contributed by atoms with Crippen LogP contribution in [0.2, 0.25) is 0 Å². The second-order valence-electron chi connectivity index (χ2n) is 9.82. The van der Waals surface area contributed by atoms with Gasteiger partial charge in [0.15, 0.2) is 0 Å². The summed E-state index contributed by atoms with van der Waals surface area (Å²) in [5.41, 5.74) is 1.47. The van der Waals surface area contributed by atoms with Crippen molar-refractivity contribution < 1.29 is 28.6 Å². The number of ether oxygens (including phenoxy) is 3. The molecule has 0 saturated carbocycles. The van der Waals surface area contributed by atoms with E-state index in [0.29, 0.717) is 0 Å². The van der Waals surface area contributed by atoms with Gasteiger partial charge in [0.25, 0.3) is 0 Å². The van der Waals surface area contributed by atoms with Gasteiger partial charge in [-0.1, -0.05) is 42.5 Å². The molecule has 7 heteroatoms. The highest BCUT2D eigenvalue weighted by molar-refractivity contribution is 5.71. The molecule has 1 unspecified atom stereocenters. The van der Waals surface area contributed by atoms with Crippen molar-refractivity contribution in [2.75, 3.05) is 7.11 Å². The molecule has 34 heavy (non-hydrogen) atoms. The lowest BCUT2D eigenvalue weighted by atomic mass is 10.0. The number of hydrogen-bond donors (Lipinski definition) is 0. The summed E-state index contributed by atoms with van der Waals surface area (Å²) in [6.07, 6.45) is 1.83. The quantitative estimate of drug-likeness (QED) is 0.351. The van der Waals surface area contributed by atoms with Gasteiger partial charge in [-0.25, -0.2) is 9.59 Å². The van der Waals surface area contributed by atoms with Gasteiger partial charge in [0.2, 0.25) is 0 Å². The van der Waals surface area contributed by atoms with Gasteiger partial charge in [-0.3, -0.25) is 4.84 Å². The lowest BCUT2D eigenvalue weighted by molar-refractivity contribution is -0.145.